The molecular formula is C54H46N2. The van der Waals surface area contributed by atoms with E-state index in [-0.39, 0.29) is 10.8 Å². The molecule has 6 aromatic carbocycles. The molecule has 0 aliphatic heterocycles. The largest absolute Gasteiger partial charge is 0.245 e. The van der Waals surface area contributed by atoms with E-state index in [0.29, 0.717) is 11.8 Å². The van der Waals surface area contributed by atoms with Crippen molar-refractivity contribution in [1.82, 2.24) is 9.97 Å². The second kappa shape index (κ2) is 12.3. The first kappa shape index (κ1) is 33.5. The molecule has 0 radical (unpaired) electrons. The molecule has 2 heterocycles. The average molecular weight is 723 g/mol. The van der Waals surface area contributed by atoms with Crippen molar-refractivity contribution in [3.8, 4) is 55.9 Å². The molecule has 0 N–H and O–H groups in total. The zero-order chi connectivity index (χ0) is 37.8. The van der Waals surface area contributed by atoms with E-state index in [2.05, 4.69) is 173 Å². The SMILES string of the molecule is CC1(C)c2ccccc2-c2ccc(-c3cc(-c4ccccc4)c4ccc5c(-c6ccccc6)cc(-c6ccc7c(c6)C(C)(C)C6CCCCC76)nc5c4n3)cc21. The van der Waals surface area contributed by atoms with Crippen LogP contribution in [0.5, 0.6) is 0 Å². The molecule has 3 aliphatic carbocycles. The maximum Gasteiger partial charge on any atom is 0.0978 e. The minimum atomic E-state index is -0.100. The Morgan fingerprint density at radius 2 is 0.982 bits per heavy atom. The van der Waals surface area contributed by atoms with E-state index in [1.807, 2.05) is 0 Å². The third kappa shape index (κ3) is 4.94. The van der Waals surface area contributed by atoms with Crippen LogP contribution < -0.4 is 0 Å². The molecule has 1 saturated carbocycles. The number of rotatable bonds is 4. The van der Waals surface area contributed by atoms with Crippen LogP contribution in [0.25, 0.3) is 77.7 Å². The second-order valence-electron chi connectivity index (χ2n) is 17.7. The Balaban J connectivity index is 1.17. The molecule has 2 nitrogen and oxygen atoms in total. The van der Waals surface area contributed by atoms with Gasteiger partial charge in [-0.05, 0) is 110 Å². The predicted molar refractivity (Wildman–Crippen MR) is 234 cm³/mol. The number of nitrogens with zero attached hydrogens (tertiary/aromatic N) is 2. The fourth-order valence-corrected chi connectivity index (χ4v) is 11.0. The second-order valence-corrected chi connectivity index (χ2v) is 17.7. The van der Waals surface area contributed by atoms with Gasteiger partial charge in [0, 0.05) is 27.3 Å². The highest BCUT2D eigenvalue weighted by Crippen LogP contribution is 2.57. The molecule has 56 heavy (non-hydrogen) atoms. The first-order valence-electron chi connectivity index (χ1n) is 20.6. The van der Waals surface area contributed by atoms with Crippen molar-refractivity contribution in [2.45, 2.75) is 70.1 Å². The number of hydrogen-bond donors (Lipinski definition) is 0. The molecule has 272 valence electrons. The molecule has 2 atom stereocenters. The molecule has 8 aromatic rings. The van der Waals surface area contributed by atoms with Crippen LogP contribution in [-0.2, 0) is 10.8 Å². The van der Waals surface area contributed by atoms with Gasteiger partial charge in [-0.15, -0.1) is 0 Å². The summed E-state index contributed by atoms with van der Waals surface area (Å²) in [6.45, 7) is 9.67. The molecule has 2 unspecified atom stereocenters. The summed E-state index contributed by atoms with van der Waals surface area (Å²) in [5, 5.41) is 2.23. The number of pyridine rings is 2. The van der Waals surface area contributed by atoms with Crippen molar-refractivity contribution in [2.24, 2.45) is 5.92 Å². The first-order chi connectivity index (χ1) is 27.3. The average Bonchev–Trinajstić information content (AvgIpc) is 3.62. The van der Waals surface area contributed by atoms with Gasteiger partial charge in [-0.3, -0.25) is 0 Å². The zero-order valence-corrected chi connectivity index (χ0v) is 32.7. The third-order valence-electron chi connectivity index (χ3n) is 13.9. The molecule has 11 rings (SSSR count). The molecule has 0 amide bonds. The Kier molecular flexibility index (Phi) is 7.37. The van der Waals surface area contributed by atoms with E-state index < -0.39 is 0 Å². The number of aromatic nitrogens is 2. The Morgan fingerprint density at radius 1 is 0.446 bits per heavy atom. The van der Waals surface area contributed by atoms with Crippen LogP contribution in [0.4, 0.5) is 0 Å². The standard InChI is InChI=1S/C54H46N2/c1-53(2)45-21-13-11-19-37(45)39-25-23-35(29-47(39)53)49-31-43(33-15-7-5-8-16-33)41-27-28-42-44(34-17-9-6-10-18-34)32-50(56-52(42)51(41)55-49)36-24-26-40-38-20-12-14-22-46(38)54(3,4)48(40)30-36/h5-11,13,15-19,21,23-32,38,46H,12,14,20,22H2,1-4H3. The summed E-state index contributed by atoms with van der Waals surface area (Å²) in [5.41, 5.74) is 19.4. The summed E-state index contributed by atoms with van der Waals surface area (Å²) in [6, 6.07) is 53.9. The highest BCUT2D eigenvalue weighted by atomic mass is 14.8. The van der Waals surface area contributed by atoms with Crippen LogP contribution >= 0.6 is 0 Å². The summed E-state index contributed by atoms with van der Waals surface area (Å²) in [6.07, 6.45) is 5.33. The van der Waals surface area contributed by atoms with Gasteiger partial charge in [0.25, 0.3) is 0 Å². The van der Waals surface area contributed by atoms with Gasteiger partial charge in [0.15, 0.2) is 0 Å². The molecule has 2 aromatic heterocycles. The first-order valence-corrected chi connectivity index (χ1v) is 20.6. The molecule has 0 saturated heterocycles. The van der Waals surface area contributed by atoms with Gasteiger partial charge in [-0.1, -0.05) is 162 Å². The highest BCUT2D eigenvalue weighted by Gasteiger charge is 2.46. The molecular weight excluding hydrogens is 677 g/mol. The fraction of sp³-hybridized carbons (Fsp3) is 0.222. The van der Waals surface area contributed by atoms with Crippen LogP contribution in [0.2, 0.25) is 0 Å². The number of fused-ring (bicyclic) bond motifs is 9. The smallest absolute Gasteiger partial charge is 0.0978 e. The Hall–Kier alpha value is -5.86. The lowest BCUT2D eigenvalue weighted by Crippen LogP contribution is -2.28. The van der Waals surface area contributed by atoms with E-state index in [0.717, 1.165) is 38.8 Å². The van der Waals surface area contributed by atoms with Gasteiger partial charge in [-0.2, -0.15) is 0 Å². The number of benzene rings is 6. The van der Waals surface area contributed by atoms with Crippen molar-refractivity contribution >= 4 is 21.8 Å². The van der Waals surface area contributed by atoms with E-state index in [1.165, 1.54) is 81.3 Å². The predicted octanol–water partition coefficient (Wildman–Crippen LogP) is 14.3. The van der Waals surface area contributed by atoms with Gasteiger partial charge in [-0.25, -0.2) is 9.97 Å². The van der Waals surface area contributed by atoms with Crippen LogP contribution in [0.15, 0.2) is 146 Å². The van der Waals surface area contributed by atoms with Gasteiger partial charge >= 0.3 is 0 Å². The van der Waals surface area contributed by atoms with Crippen LogP contribution in [-0.4, -0.2) is 9.97 Å². The third-order valence-corrected chi connectivity index (χ3v) is 13.9. The van der Waals surface area contributed by atoms with Gasteiger partial charge < -0.3 is 0 Å². The molecule has 3 aliphatic rings. The van der Waals surface area contributed by atoms with Gasteiger partial charge in [0.1, 0.15) is 0 Å². The van der Waals surface area contributed by atoms with Crippen LogP contribution in [0.1, 0.15) is 81.5 Å². The van der Waals surface area contributed by atoms with Crippen molar-refractivity contribution in [3.63, 3.8) is 0 Å². The maximum atomic E-state index is 5.64. The van der Waals surface area contributed by atoms with Crippen LogP contribution in [0, 0.1) is 5.92 Å². The lowest BCUT2D eigenvalue weighted by atomic mass is 9.70. The molecule has 2 heteroatoms. The lowest BCUT2D eigenvalue weighted by molar-refractivity contribution is 0.233. The maximum absolute atomic E-state index is 5.64. The van der Waals surface area contributed by atoms with E-state index in [4.69, 9.17) is 9.97 Å². The fourth-order valence-electron chi connectivity index (χ4n) is 11.0. The summed E-state index contributed by atoms with van der Waals surface area (Å²) >= 11 is 0. The normalized spacial score (nSPS) is 18.7. The molecule has 1 fully saturated rings. The van der Waals surface area contributed by atoms with Crippen molar-refractivity contribution in [3.05, 3.63) is 168 Å². The van der Waals surface area contributed by atoms with E-state index in [9.17, 15) is 0 Å². The Bertz CT molecular complexity index is 2860. The monoisotopic (exact) mass is 722 g/mol. The highest BCUT2D eigenvalue weighted by molar-refractivity contribution is 6.13. The zero-order valence-electron chi connectivity index (χ0n) is 32.7. The summed E-state index contributed by atoms with van der Waals surface area (Å²) in [5.74, 6) is 1.39. The summed E-state index contributed by atoms with van der Waals surface area (Å²) < 4.78 is 0. The van der Waals surface area contributed by atoms with Crippen molar-refractivity contribution in [1.29, 1.82) is 0 Å². The summed E-state index contributed by atoms with van der Waals surface area (Å²) in [4.78, 5) is 11.3. The van der Waals surface area contributed by atoms with E-state index in [1.54, 1.807) is 5.56 Å². The molecule has 0 spiro atoms. The quantitative estimate of drug-likeness (QED) is 0.169. The van der Waals surface area contributed by atoms with Gasteiger partial charge in [0.2, 0.25) is 0 Å². The van der Waals surface area contributed by atoms with Crippen molar-refractivity contribution in [2.75, 3.05) is 0 Å². The minimum Gasteiger partial charge on any atom is -0.245 e. The Morgan fingerprint density at radius 3 is 1.62 bits per heavy atom. The number of hydrogen-bond acceptors (Lipinski definition) is 2. The van der Waals surface area contributed by atoms with Gasteiger partial charge in [0.05, 0.1) is 22.4 Å². The van der Waals surface area contributed by atoms with Crippen LogP contribution in [0.3, 0.4) is 0 Å². The van der Waals surface area contributed by atoms with Crippen molar-refractivity contribution < 1.29 is 0 Å². The summed E-state index contributed by atoms with van der Waals surface area (Å²) in [7, 11) is 0. The lowest BCUT2D eigenvalue weighted by Gasteiger charge is -2.34. The Labute approximate surface area is 330 Å². The topological polar surface area (TPSA) is 25.8 Å². The minimum absolute atomic E-state index is 0.100. The van der Waals surface area contributed by atoms with E-state index >= 15 is 0 Å². The molecule has 0 bridgehead atoms.